The fourth-order valence-electron chi connectivity index (χ4n) is 3.84. The van der Waals surface area contributed by atoms with Crippen LogP contribution in [-0.4, -0.2) is 42.3 Å². The van der Waals surface area contributed by atoms with Crippen molar-refractivity contribution in [1.29, 1.82) is 0 Å². The Kier molecular flexibility index (Phi) is 5.58. The van der Waals surface area contributed by atoms with Gasteiger partial charge in [0.1, 0.15) is 0 Å². The monoisotopic (exact) mass is 408 g/mol. The number of halogens is 3. The number of piperidine rings is 1. The number of likely N-dealkylation sites (tertiary alicyclic amines) is 1. The fourth-order valence-corrected chi connectivity index (χ4v) is 4.92. The van der Waals surface area contributed by atoms with Crippen LogP contribution in [-0.2, 0) is 6.18 Å². The summed E-state index contributed by atoms with van der Waals surface area (Å²) in [6.45, 7) is 3.29. The van der Waals surface area contributed by atoms with Gasteiger partial charge in [0.05, 0.1) is 23.0 Å². The first-order valence-corrected chi connectivity index (χ1v) is 10.4. The van der Waals surface area contributed by atoms with E-state index in [9.17, 15) is 18.3 Å². The van der Waals surface area contributed by atoms with Gasteiger partial charge < -0.3 is 14.9 Å². The van der Waals surface area contributed by atoms with Gasteiger partial charge >= 0.3 is 6.18 Å². The summed E-state index contributed by atoms with van der Waals surface area (Å²) in [6, 6.07) is 11.9. The molecule has 0 aromatic heterocycles. The van der Waals surface area contributed by atoms with Crippen molar-refractivity contribution in [3.8, 4) is 0 Å². The molecule has 2 aliphatic heterocycles. The Hall–Kier alpha value is -1.70. The van der Waals surface area contributed by atoms with Gasteiger partial charge in [0.25, 0.3) is 0 Å². The molecule has 0 radical (unpaired) electrons. The molecule has 0 saturated carbocycles. The standard InChI is InChI=1S/C21H23F3N2OS/c22-21(23,24)15-6-7-20-18(14-15)26(17-4-1-2-5-19(17)28-20)11-3-10-25-12-8-16(27)9-13-25/h1-2,4-7,14,16,27H,3,8-13H2. The quantitative estimate of drug-likeness (QED) is 0.757. The smallest absolute Gasteiger partial charge is 0.393 e. The molecule has 2 aromatic rings. The van der Waals surface area contributed by atoms with E-state index in [0.717, 1.165) is 60.4 Å². The summed E-state index contributed by atoms with van der Waals surface area (Å²) in [7, 11) is 0. The number of para-hydroxylation sites is 1. The molecule has 0 unspecified atom stereocenters. The number of anilines is 2. The topological polar surface area (TPSA) is 26.7 Å². The highest BCUT2D eigenvalue weighted by Crippen LogP contribution is 2.49. The number of alkyl halides is 3. The number of nitrogens with zero attached hydrogens (tertiary/aromatic N) is 2. The Morgan fingerprint density at radius 2 is 1.68 bits per heavy atom. The number of aliphatic hydroxyl groups excluding tert-OH is 1. The van der Waals surface area contributed by atoms with Crippen molar-refractivity contribution >= 4 is 23.1 Å². The predicted molar refractivity (Wildman–Crippen MR) is 105 cm³/mol. The summed E-state index contributed by atoms with van der Waals surface area (Å²) in [5.74, 6) is 0. The summed E-state index contributed by atoms with van der Waals surface area (Å²) < 4.78 is 39.8. The number of rotatable bonds is 4. The third-order valence-corrected chi connectivity index (χ3v) is 6.50. The average molecular weight is 408 g/mol. The van der Waals surface area contributed by atoms with Gasteiger partial charge in [0.15, 0.2) is 0 Å². The Morgan fingerprint density at radius 1 is 0.964 bits per heavy atom. The molecule has 0 atom stereocenters. The van der Waals surface area contributed by atoms with Gasteiger partial charge in [-0.05, 0) is 56.1 Å². The lowest BCUT2D eigenvalue weighted by molar-refractivity contribution is -0.137. The maximum absolute atomic E-state index is 13.3. The summed E-state index contributed by atoms with van der Waals surface area (Å²) in [5.41, 5.74) is 0.988. The van der Waals surface area contributed by atoms with Crippen LogP contribution in [0.1, 0.15) is 24.8 Å². The minimum Gasteiger partial charge on any atom is -0.393 e. The molecule has 1 N–H and O–H groups in total. The maximum atomic E-state index is 13.3. The summed E-state index contributed by atoms with van der Waals surface area (Å²) >= 11 is 1.52. The molecule has 0 spiro atoms. The van der Waals surface area contributed by atoms with E-state index >= 15 is 0 Å². The van der Waals surface area contributed by atoms with E-state index in [0.29, 0.717) is 12.2 Å². The first kappa shape index (κ1) is 19.6. The molecular formula is C21H23F3N2OS. The molecular weight excluding hydrogens is 385 g/mol. The molecule has 7 heteroatoms. The van der Waals surface area contributed by atoms with Crippen LogP contribution in [0, 0.1) is 0 Å². The number of fused-ring (bicyclic) bond motifs is 2. The van der Waals surface area contributed by atoms with Crippen LogP contribution in [0.25, 0.3) is 0 Å². The second-order valence-corrected chi connectivity index (χ2v) is 8.41. The highest BCUT2D eigenvalue weighted by atomic mass is 32.2. The van der Waals surface area contributed by atoms with Gasteiger partial charge in [-0.2, -0.15) is 13.2 Å². The molecule has 2 heterocycles. The minimum atomic E-state index is -4.35. The normalized spacial score (nSPS) is 18.1. The van der Waals surface area contributed by atoms with E-state index in [1.165, 1.54) is 17.8 Å². The number of benzene rings is 2. The van der Waals surface area contributed by atoms with E-state index < -0.39 is 11.7 Å². The van der Waals surface area contributed by atoms with E-state index in [1.807, 2.05) is 29.2 Å². The summed E-state index contributed by atoms with van der Waals surface area (Å²) in [5, 5.41) is 9.64. The van der Waals surface area contributed by atoms with E-state index in [1.54, 1.807) is 6.07 Å². The van der Waals surface area contributed by atoms with Crippen LogP contribution in [0.5, 0.6) is 0 Å². The van der Waals surface area contributed by atoms with Crippen molar-refractivity contribution in [3.63, 3.8) is 0 Å². The number of hydrogen-bond acceptors (Lipinski definition) is 4. The van der Waals surface area contributed by atoms with Crippen molar-refractivity contribution in [3.05, 3.63) is 48.0 Å². The third-order valence-electron chi connectivity index (χ3n) is 5.37. The first-order valence-electron chi connectivity index (χ1n) is 9.58. The molecule has 1 fully saturated rings. The van der Waals surface area contributed by atoms with Crippen LogP contribution in [0.4, 0.5) is 24.5 Å². The zero-order valence-corrected chi connectivity index (χ0v) is 16.3. The lowest BCUT2D eigenvalue weighted by atomic mass is 10.1. The van der Waals surface area contributed by atoms with Gasteiger partial charge in [-0.25, -0.2) is 0 Å². The molecule has 150 valence electrons. The average Bonchev–Trinajstić information content (AvgIpc) is 2.68. The van der Waals surface area contributed by atoms with Crippen LogP contribution in [0.3, 0.4) is 0 Å². The molecule has 0 aliphatic carbocycles. The summed E-state index contributed by atoms with van der Waals surface area (Å²) in [6.07, 6.45) is -2.11. The van der Waals surface area contributed by atoms with Crippen LogP contribution in [0.15, 0.2) is 52.3 Å². The summed E-state index contributed by atoms with van der Waals surface area (Å²) in [4.78, 5) is 6.27. The maximum Gasteiger partial charge on any atom is 0.416 e. The fraction of sp³-hybridized carbons (Fsp3) is 0.429. The Morgan fingerprint density at radius 3 is 2.43 bits per heavy atom. The van der Waals surface area contributed by atoms with E-state index in [2.05, 4.69) is 4.90 Å². The third kappa shape index (κ3) is 4.16. The number of hydrogen-bond donors (Lipinski definition) is 1. The Bertz CT molecular complexity index is 835. The van der Waals surface area contributed by atoms with E-state index in [-0.39, 0.29) is 6.10 Å². The van der Waals surface area contributed by atoms with Crippen molar-refractivity contribution in [1.82, 2.24) is 4.90 Å². The van der Waals surface area contributed by atoms with Gasteiger partial charge in [-0.15, -0.1) is 0 Å². The van der Waals surface area contributed by atoms with Gasteiger partial charge in [-0.3, -0.25) is 0 Å². The van der Waals surface area contributed by atoms with Crippen LogP contribution < -0.4 is 4.90 Å². The highest BCUT2D eigenvalue weighted by Gasteiger charge is 2.33. The Balaban J connectivity index is 1.55. The molecule has 2 aliphatic rings. The van der Waals surface area contributed by atoms with Crippen molar-refractivity contribution in [2.24, 2.45) is 0 Å². The van der Waals surface area contributed by atoms with Crippen molar-refractivity contribution in [2.45, 2.75) is 41.3 Å². The Labute approximate surface area is 167 Å². The molecule has 1 saturated heterocycles. The zero-order valence-electron chi connectivity index (χ0n) is 15.5. The second-order valence-electron chi connectivity index (χ2n) is 7.33. The minimum absolute atomic E-state index is 0.199. The molecule has 3 nitrogen and oxygen atoms in total. The lowest BCUT2D eigenvalue weighted by Crippen LogP contribution is -2.37. The molecule has 28 heavy (non-hydrogen) atoms. The molecule has 2 aromatic carbocycles. The zero-order chi connectivity index (χ0) is 19.7. The highest BCUT2D eigenvalue weighted by molar-refractivity contribution is 7.99. The van der Waals surface area contributed by atoms with Crippen LogP contribution in [0.2, 0.25) is 0 Å². The van der Waals surface area contributed by atoms with Gasteiger partial charge in [0.2, 0.25) is 0 Å². The van der Waals surface area contributed by atoms with Crippen LogP contribution >= 0.6 is 11.8 Å². The van der Waals surface area contributed by atoms with Gasteiger partial charge in [0, 0.05) is 29.4 Å². The predicted octanol–water partition coefficient (Wildman–Crippen LogP) is 5.15. The van der Waals surface area contributed by atoms with E-state index in [4.69, 9.17) is 0 Å². The molecule has 0 amide bonds. The number of aliphatic hydroxyl groups is 1. The van der Waals surface area contributed by atoms with Crippen molar-refractivity contribution in [2.75, 3.05) is 31.1 Å². The largest absolute Gasteiger partial charge is 0.416 e. The second kappa shape index (κ2) is 7.97. The SMILES string of the molecule is OC1CCN(CCCN2c3ccccc3Sc3ccc(C(F)(F)F)cc32)CC1. The van der Waals surface area contributed by atoms with Gasteiger partial charge in [-0.1, -0.05) is 23.9 Å². The molecule has 4 rings (SSSR count). The van der Waals surface area contributed by atoms with Crippen molar-refractivity contribution < 1.29 is 18.3 Å². The first-order chi connectivity index (χ1) is 13.4. The lowest BCUT2D eigenvalue weighted by Gasteiger charge is -2.34. The molecule has 0 bridgehead atoms.